The van der Waals surface area contributed by atoms with Gasteiger partial charge in [0, 0.05) is 7.11 Å². The van der Waals surface area contributed by atoms with Crippen molar-refractivity contribution in [2.45, 2.75) is 25.9 Å². The predicted molar refractivity (Wildman–Crippen MR) is 89.9 cm³/mol. The van der Waals surface area contributed by atoms with E-state index in [2.05, 4.69) is 4.72 Å². The van der Waals surface area contributed by atoms with Crippen LogP contribution in [0.3, 0.4) is 0 Å². The third-order valence-corrected chi connectivity index (χ3v) is 5.55. The standard InChI is InChI=1S/C17H19NO4S/c1-17(2)15(23(19,20)18-16(21-3)22-17)11-13-9-6-8-12-7-4-5-10-14(12)13/h4-11,16,18H,1-3H3/b15-11+. The Morgan fingerprint density at radius 1 is 1.17 bits per heavy atom. The van der Waals surface area contributed by atoms with Crippen molar-refractivity contribution in [2.24, 2.45) is 0 Å². The van der Waals surface area contributed by atoms with Crippen LogP contribution >= 0.6 is 0 Å². The summed E-state index contributed by atoms with van der Waals surface area (Å²) >= 11 is 0. The molecule has 2 aromatic rings. The van der Waals surface area contributed by atoms with Crippen molar-refractivity contribution in [3.63, 3.8) is 0 Å². The number of rotatable bonds is 2. The number of fused-ring (bicyclic) bond motifs is 1. The normalized spacial score (nSPS) is 24.8. The van der Waals surface area contributed by atoms with Crippen LogP contribution in [-0.2, 0) is 19.5 Å². The van der Waals surface area contributed by atoms with Gasteiger partial charge in [0.1, 0.15) is 5.60 Å². The van der Waals surface area contributed by atoms with Crippen molar-refractivity contribution in [3.05, 3.63) is 52.9 Å². The van der Waals surface area contributed by atoms with Gasteiger partial charge in [0.2, 0.25) is 16.4 Å². The predicted octanol–water partition coefficient (Wildman–Crippen LogP) is 2.84. The maximum absolute atomic E-state index is 12.6. The zero-order valence-corrected chi connectivity index (χ0v) is 14.1. The van der Waals surface area contributed by atoms with E-state index in [9.17, 15) is 8.42 Å². The van der Waals surface area contributed by atoms with E-state index in [-0.39, 0.29) is 4.91 Å². The Balaban J connectivity index is 2.17. The Morgan fingerprint density at radius 2 is 1.87 bits per heavy atom. The van der Waals surface area contributed by atoms with Crippen LogP contribution in [0.5, 0.6) is 0 Å². The first-order valence-corrected chi connectivity index (χ1v) is 8.75. The molecule has 0 amide bonds. The first kappa shape index (κ1) is 16.1. The zero-order chi connectivity index (χ0) is 16.7. The molecule has 0 aliphatic carbocycles. The second kappa shape index (κ2) is 5.72. The molecule has 1 aliphatic heterocycles. The average Bonchev–Trinajstić information content (AvgIpc) is 2.50. The van der Waals surface area contributed by atoms with Crippen LogP contribution in [0.4, 0.5) is 0 Å². The van der Waals surface area contributed by atoms with Gasteiger partial charge in [-0.25, -0.2) is 8.42 Å². The van der Waals surface area contributed by atoms with Crippen molar-refractivity contribution in [3.8, 4) is 0 Å². The quantitative estimate of drug-likeness (QED) is 0.918. The van der Waals surface area contributed by atoms with E-state index in [0.717, 1.165) is 16.3 Å². The van der Waals surface area contributed by atoms with Crippen LogP contribution in [0.2, 0.25) is 0 Å². The summed E-state index contributed by atoms with van der Waals surface area (Å²) in [6.45, 7) is 3.43. The highest BCUT2D eigenvalue weighted by molar-refractivity contribution is 7.93. The number of sulfonamides is 1. The SMILES string of the molecule is COC1NS(=O)(=O)/C(=C/c2cccc3ccccc23)C(C)(C)O1. The van der Waals surface area contributed by atoms with Gasteiger partial charge in [0.25, 0.3) is 0 Å². The molecule has 1 aliphatic rings. The molecule has 122 valence electrons. The lowest BCUT2D eigenvalue weighted by atomic mass is 10.0. The minimum absolute atomic E-state index is 0.176. The molecule has 1 heterocycles. The summed E-state index contributed by atoms with van der Waals surface area (Å²) in [7, 11) is -2.31. The first-order chi connectivity index (χ1) is 10.8. The molecule has 0 spiro atoms. The number of hydrogen-bond donors (Lipinski definition) is 1. The molecular formula is C17H19NO4S. The van der Waals surface area contributed by atoms with Gasteiger partial charge in [0.15, 0.2) is 0 Å². The average molecular weight is 333 g/mol. The number of methoxy groups -OCH3 is 1. The van der Waals surface area contributed by atoms with E-state index in [1.807, 2.05) is 42.5 Å². The first-order valence-electron chi connectivity index (χ1n) is 7.26. The summed E-state index contributed by atoms with van der Waals surface area (Å²) in [5.74, 6) is 0. The second-order valence-corrected chi connectivity index (χ2v) is 7.58. The van der Waals surface area contributed by atoms with Crippen molar-refractivity contribution in [1.82, 2.24) is 4.72 Å². The highest BCUT2D eigenvalue weighted by Crippen LogP contribution is 2.34. The highest BCUT2D eigenvalue weighted by atomic mass is 32.2. The molecular weight excluding hydrogens is 314 g/mol. The summed E-state index contributed by atoms with van der Waals surface area (Å²) < 4.78 is 38.2. The van der Waals surface area contributed by atoms with Gasteiger partial charge in [-0.2, -0.15) is 4.72 Å². The van der Waals surface area contributed by atoms with Crippen molar-refractivity contribution in [2.75, 3.05) is 7.11 Å². The maximum atomic E-state index is 12.6. The number of ether oxygens (including phenoxy) is 2. The smallest absolute Gasteiger partial charge is 0.243 e. The summed E-state index contributed by atoms with van der Waals surface area (Å²) in [5.41, 5.74) is -0.169. The van der Waals surface area contributed by atoms with Gasteiger partial charge in [-0.3, -0.25) is 0 Å². The van der Waals surface area contributed by atoms with Gasteiger partial charge < -0.3 is 9.47 Å². The minimum atomic E-state index is -3.70. The van der Waals surface area contributed by atoms with Gasteiger partial charge in [-0.15, -0.1) is 0 Å². The third kappa shape index (κ3) is 3.03. The van der Waals surface area contributed by atoms with Gasteiger partial charge in [-0.1, -0.05) is 42.5 Å². The molecule has 0 radical (unpaired) electrons. The van der Waals surface area contributed by atoms with E-state index in [1.165, 1.54) is 7.11 Å². The van der Waals surface area contributed by atoms with Crippen LogP contribution in [0.1, 0.15) is 19.4 Å². The van der Waals surface area contributed by atoms with Crippen molar-refractivity contribution < 1.29 is 17.9 Å². The highest BCUT2D eigenvalue weighted by Gasteiger charge is 2.42. The molecule has 1 saturated heterocycles. The fraction of sp³-hybridized carbons (Fsp3) is 0.294. The Labute approximate surface area is 136 Å². The van der Waals surface area contributed by atoms with Crippen LogP contribution in [0.15, 0.2) is 47.4 Å². The van der Waals surface area contributed by atoms with Gasteiger partial charge in [0.05, 0.1) is 4.91 Å². The number of benzene rings is 2. The topological polar surface area (TPSA) is 64.6 Å². The zero-order valence-electron chi connectivity index (χ0n) is 13.2. The summed E-state index contributed by atoms with van der Waals surface area (Å²) in [5, 5.41) is 2.04. The van der Waals surface area contributed by atoms with Crippen LogP contribution in [0, 0.1) is 0 Å². The van der Waals surface area contributed by atoms with E-state index < -0.39 is 22.0 Å². The Hall–Kier alpha value is -1.73. The molecule has 1 unspecified atom stereocenters. The molecule has 0 aromatic heterocycles. The van der Waals surface area contributed by atoms with E-state index in [0.29, 0.717) is 0 Å². The fourth-order valence-electron chi connectivity index (χ4n) is 2.73. The largest absolute Gasteiger partial charge is 0.342 e. The fourth-order valence-corrected chi connectivity index (χ4v) is 4.23. The maximum Gasteiger partial charge on any atom is 0.243 e. The van der Waals surface area contributed by atoms with Crippen molar-refractivity contribution >= 4 is 26.9 Å². The molecule has 1 atom stereocenters. The van der Waals surface area contributed by atoms with Gasteiger partial charge in [-0.05, 0) is 36.3 Å². The molecule has 1 fully saturated rings. The lowest BCUT2D eigenvalue weighted by Gasteiger charge is -2.37. The monoisotopic (exact) mass is 333 g/mol. The molecule has 3 rings (SSSR count). The second-order valence-electron chi connectivity index (χ2n) is 5.89. The van der Waals surface area contributed by atoms with Crippen LogP contribution in [0.25, 0.3) is 16.8 Å². The minimum Gasteiger partial charge on any atom is -0.342 e. The van der Waals surface area contributed by atoms with Crippen LogP contribution in [-0.4, -0.2) is 27.5 Å². The van der Waals surface area contributed by atoms with E-state index >= 15 is 0 Å². The van der Waals surface area contributed by atoms with Crippen LogP contribution < -0.4 is 4.72 Å². The Bertz CT molecular complexity index is 866. The third-order valence-electron chi connectivity index (χ3n) is 3.86. The Kier molecular flexibility index (Phi) is 4.01. The Morgan fingerprint density at radius 3 is 2.57 bits per heavy atom. The molecule has 0 saturated carbocycles. The summed E-state index contributed by atoms with van der Waals surface area (Å²) in [6, 6.07) is 13.6. The number of nitrogens with one attached hydrogen (secondary N) is 1. The summed E-state index contributed by atoms with van der Waals surface area (Å²) in [6.07, 6.45) is 0.677. The molecule has 0 bridgehead atoms. The van der Waals surface area contributed by atoms with E-state index in [4.69, 9.17) is 9.47 Å². The lowest BCUT2D eigenvalue weighted by Crippen LogP contribution is -2.53. The summed E-state index contributed by atoms with van der Waals surface area (Å²) in [4.78, 5) is 0.176. The molecule has 1 N–H and O–H groups in total. The molecule has 6 heteroatoms. The molecule has 23 heavy (non-hydrogen) atoms. The van der Waals surface area contributed by atoms with E-state index in [1.54, 1.807) is 19.9 Å². The van der Waals surface area contributed by atoms with Crippen molar-refractivity contribution in [1.29, 1.82) is 0 Å². The molecule has 5 nitrogen and oxygen atoms in total. The van der Waals surface area contributed by atoms with Gasteiger partial charge >= 0.3 is 0 Å². The molecule has 2 aromatic carbocycles. The lowest BCUT2D eigenvalue weighted by molar-refractivity contribution is -0.184. The number of hydrogen-bond acceptors (Lipinski definition) is 4.